The number of guanidine groups is 1. The number of hydrogen-bond acceptors (Lipinski definition) is 6. The molecule has 0 saturated heterocycles. The van der Waals surface area contributed by atoms with Gasteiger partial charge in [0.1, 0.15) is 16.9 Å². The minimum atomic E-state index is -1.01. The van der Waals surface area contributed by atoms with Gasteiger partial charge in [-0.25, -0.2) is 9.79 Å². The van der Waals surface area contributed by atoms with Gasteiger partial charge in [0.2, 0.25) is 0 Å². The summed E-state index contributed by atoms with van der Waals surface area (Å²) in [6.07, 6.45) is 0. The molecule has 0 fully saturated rings. The maximum atomic E-state index is 11.9. The normalized spacial score (nSPS) is 13.1. The molecule has 2 aromatic rings. The number of thiophene rings is 1. The zero-order valence-electron chi connectivity index (χ0n) is 17.0. The number of carbonyl (C=O) groups is 1. The number of esters is 1. The van der Waals surface area contributed by atoms with Crippen molar-refractivity contribution in [1.29, 1.82) is 0 Å². The van der Waals surface area contributed by atoms with Crippen LogP contribution in [0.5, 0.6) is 5.75 Å². The van der Waals surface area contributed by atoms with Crippen molar-refractivity contribution in [1.82, 2.24) is 10.6 Å². The molecule has 9 heteroatoms. The molecule has 0 radical (unpaired) electrons. The molecule has 1 aromatic carbocycles. The van der Waals surface area contributed by atoms with Gasteiger partial charge >= 0.3 is 5.97 Å². The summed E-state index contributed by atoms with van der Waals surface area (Å²) in [6.45, 7) is 5.08. The summed E-state index contributed by atoms with van der Waals surface area (Å²) in [4.78, 5) is 16.5. The fraction of sp³-hybridized carbons (Fsp3) is 0.400. The lowest BCUT2D eigenvalue weighted by atomic mass is 9.99. The van der Waals surface area contributed by atoms with Gasteiger partial charge < -0.3 is 25.2 Å². The molecule has 160 valence electrons. The minimum absolute atomic E-state index is 0. The van der Waals surface area contributed by atoms with Crippen LogP contribution in [0.4, 0.5) is 0 Å². The highest BCUT2D eigenvalue weighted by Crippen LogP contribution is 2.22. The molecule has 0 bridgehead atoms. The molecule has 1 aromatic heterocycles. The molecule has 1 unspecified atom stereocenters. The third-order valence-electron chi connectivity index (χ3n) is 4.18. The van der Waals surface area contributed by atoms with E-state index in [0.29, 0.717) is 36.9 Å². The first-order valence-electron chi connectivity index (χ1n) is 8.93. The summed E-state index contributed by atoms with van der Waals surface area (Å²) in [5.41, 5.74) is 1.05. The smallest absolute Gasteiger partial charge is 0.341 e. The monoisotopic (exact) mass is 533 g/mol. The molecule has 1 heterocycles. The van der Waals surface area contributed by atoms with Crippen LogP contribution in [-0.2, 0) is 16.9 Å². The SMILES string of the molecule is CCNC(=NCc1ccc(OC)c(C(=O)OC)c1)NCC(C)(O)c1ccsc1.I. The Labute approximate surface area is 192 Å². The van der Waals surface area contributed by atoms with E-state index < -0.39 is 11.6 Å². The van der Waals surface area contributed by atoms with Crippen LogP contribution in [0.25, 0.3) is 0 Å². The van der Waals surface area contributed by atoms with E-state index in [0.717, 1.165) is 11.1 Å². The fourth-order valence-electron chi connectivity index (χ4n) is 2.56. The van der Waals surface area contributed by atoms with Gasteiger partial charge in [-0.05, 0) is 53.9 Å². The maximum absolute atomic E-state index is 11.9. The van der Waals surface area contributed by atoms with Crippen molar-refractivity contribution in [3.63, 3.8) is 0 Å². The van der Waals surface area contributed by atoms with Gasteiger partial charge in [0.15, 0.2) is 5.96 Å². The molecule has 1 atom stereocenters. The number of ether oxygens (including phenoxy) is 2. The lowest BCUT2D eigenvalue weighted by Crippen LogP contribution is -2.44. The standard InChI is InChI=1S/C20H27N3O4S.HI/c1-5-21-19(23-13-20(2,25)15-8-9-28-12-15)22-11-14-6-7-17(26-3)16(10-14)18(24)27-4;/h6-10,12,25H,5,11,13H2,1-4H3,(H2,21,22,23);1H. The van der Waals surface area contributed by atoms with E-state index in [2.05, 4.69) is 15.6 Å². The van der Waals surface area contributed by atoms with Crippen LogP contribution in [0.1, 0.15) is 35.3 Å². The van der Waals surface area contributed by atoms with Gasteiger partial charge in [-0.1, -0.05) is 6.07 Å². The largest absolute Gasteiger partial charge is 0.496 e. The van der Waals surface area contributed by atoms with E-state index >= 15 is 0 Å². The van der Waals surface area contributed by atoms with Crippen LogP contribution >= 0.6 is 35.3 Å². The van der Waals surface area contributed by atoms with Gasteiger partial charge in [-0.3, -0.25) is 0 Å². The van der Waals surface area contributed by atoms with E-state index in [1.165, 1.54) is 14.2 Å². The summed E-state index contributed by atoms with van der Waals surface area (Å²) in [5, 5.41) is 20.8. The van der Waals surface area contributed by atoms with Crippen molar-refractivity contribution >= 4 is 47.2 Å². The molecule has 0 amide bonds. The second-order valence-electron chi connectivity index (χ2n) is 6.36. The van der Waals surface area contributed by atoms with Crippen LogP contribution in [0, 0.1) is 0 Å². The van der Waals surface area contributed by atoms with Crippen molar-refractivity contribution in [3.8, 4) is 5.75 Å². The van der Waals surface area contributed by atoms with Crippen LogP contribution in [0.3, 0.4) is 0 Å². The van der Waals surface area contributed by atoms with Crippen molar-refractivity contribution in [2.75, 3.05) is 27.3 Å². The highest BCUT2D eigenvalue weighted by molar-refractivity contribution is 14.0. The first-order valence-corrected chi connectivity index (χ1v) is 9.88. The molecule has 29 heavy (non-hydrogen) atoms. The quantitative estimate of drug-likeness (QED) is 0.209. The Bertz CT molecular complexity index is 810. The van der Waals surface area contributed by atoms with Crippen molar-refractivity contribution < 1.29 is 19.4 Å². The molecule has 0 spiro atoms. The van der Waals surface area contributed by atoms with E-state index in [1.54, 1.807) is 30.4 Å². The van der Waals surface area contributed by atoms with Crippen molar-refractivity contribution in [2.24, 2.45) is 4.99 Å². The highest BCUT2D eigenvalue weighted by atomic mass is 127. The second-order valence-corrected chi connectivity index (χ2v) is 7.14. The number of nitrogens with zero attached hydrogens (tertiary/aromatic N) is 1. The number of rotatable bonds is 8. The molecule has 0 aliphatic carbocycles. The third kappa shape index (κ3) is 7.16. The van der Waals surface area contributed by atoms with Gasteiger partial charge in [0, 0.05) is 6.54 Å². The Balaban J connectivity index is 0.00000420. The van der Waals surface area contributed by atoms with E-state index in [1.807, 2.05) is 29.8 Å². The number of aliphatic hydroxyl groups is 1. The lowest BCUT2D eigenvalue weighted by Gasteiger charge is -2.24. The molecule has 7 nitrogen and oxygen atoms in total. The molecule has 0 saturated carbocycles. The molecule has 2 rings (SSSR count). The summed E-state index contributed by atoms with van der Waals surface area (Å²) in [7, 11) is 2.84. The van der Waals surface area contributed by atoms with Gasteiger partial charge in [0.05, 0.1) is 27.3 Å². The van der Waals surface area contributed by atoms with Crippen LogP contribution in [0.2, 0.25) is 0 Å². The Hall–Kier alpha value is -1.85. The van der Waals surface area contributed by atoms with Gasteiger partial charge in [0.25, 0.3) is 0 Å². The number of carbonyl (C=O) groups excluding carboxylic acids is 1. The maximum Gasteiger partial charge on any atom is 0.341 e. The predicted molar refractivity (Wildman–Crippen MR) is 126 cm³/mol. The molecule has 3 N–H and O–H groups in total. The molecular weight excluding hydrogens is 505 g/mol. The molecule has 0 aliphatic heterocycles. The number of halogens is 1. The number of aliphatic imine (C=N–C) groups is 1. The lowest BCUT2D eigenvalue weighted by molar-refractivity contribution is 0.0595. The summed E-state index contributed by atoms with van der Waals surface area (Å²) >= 11 is 1.55. The minimum Gasteiger partial charge on any atom is -0.496 e. The summed E-state index contributed by atoms with van der Waals surface area (Å²) < 4.78 is 10.0. The molecular formula is C20H28IN3O4S. The van der Waals surface area contributed by atoms with Crippen LogP contribution < -0.4 is 15.4 Å². The Morgan fingerprint density at radius 2 is 2.03 bits per heavy atom. The average molecular weight is 533 g/mol. The number of hydrogen-bond donors (Lipinski definition) is 3. The Morgan fingerprint density at radius 3 is 2.62 bits per heavy atom. The Morgan fingerprint density at radius 1 is 1.28 bits per heavy atom. The van der Waals surface area contributed by atoms with Crippen LogP contribution in [0.15, 0.2) is 40.0 Å². The van der Waals surface area contributed by atoms with Crippen molar-refractivity contribution in [3.05, 3.63) is 51.7 Å². The van der Waals surface area contributed by atoms with Crippen molar-refractivity contribution in [2.45, 2.75) is 26.0 Å². The zero-order valence-corrected chi connectivity index (χ0v) is 20.2. The number of benzene rings is 1. The summed E-state index contributed by atoms with van der Waals surface area (Å²) in [6, 6.07) is 7.18. The Kier molecular flexibility index (Phi) is 10.4. The van der Waals surface area contributed by atoms with Crippen LogP contribution in [-0.4, -0.2) is 44.3 Å². The molecule has 0 aliphatic rings. The first-order chi connectivity index (χ1) is 13.4. The zero-order chi connectivity index (χ0) is 20.6. The highest BCUT2D eigenvalue weighted by Gasteiger charge is 2.23. The topological polar surface area (TPSA) is 92.2 Å². The van der Waals surface area contributed by atoms with E-state index in [4.69, 9.17) is 9.47 Å². The number of methoxy groups -OCH3 is 2. The first kappa shape index (κ1) is 25.2. The fourth-order valence-corrected chi connectivity index (χ4v) is 3.35. The van der Waals surface area contributed by atoms with Gasteiger partial charge in [-0.15, -0.1) is 24.0 Å². The second kappa shape index (κ2) is 12.0. The predicted octanol–water partition coefficient (Wildman–Crippen LogP) is 3.12. The van der Waals surface area contributed by atoms with E-state index in [-0.39, 0.29) is 24.0 Å². The average Bonchev–Trinajstić information content (AvgIpc) is 3.25. The third-order valence-corrected chi connectivity index (χ3v) is 4.86. The van der Waals surface area contributed by atoms with Gasteiger partial charge in [-0.2, -0.15) is 11.3 Å². The summed E-state index contributed by atoms with van der Waals surface area (Å²) in [5.74, 6) is 0.574. The van der Waals surface area contributed by atoms with E-state index in [9.17, 15) is 9.90 Å². The number of nitrogens with one attached hydrogen (secondary N) is 2.